The van der Waals surface area contributed by atoms with Crippen LogP contribution in [-0.4, -0.2) is 77.8 Å². The van der Waals surface area contributed by atoms with E-state index >= 15 is 0 Å². The number of cyclic esters (lactones) is 1. The summed E-state index contributed by atoms with van der Waals surface area (Å²) < 4.78 is 15.6. The van der Waals surface area contributed by atoms with Crippen LogP contribution >= 0.6 is 0 Å². The van der Waals surface area contributed by atoms with E-state index in [9.17, 15) is 9.59 Å². The van der Waals surface area contributed by atoms with E-state index in [0.717, 1.165) is 0 Å². The normalized spacial score (nSPS) is 18.5. The number of likely N-dealkylation sites (tertiary alicyclic amines) is 1. The summed E-state index contributed by atoms with van der Waals surface area (Å²) in [5, 5.41) is 0. The minimum atomic E-state index is -0.417. The number of piperidine rings is 1. The second kappa shape index (κ2) is 7.33. The molecule has 2 fully saturated rings. The molecule has 9 heteroatoms. The molecule has 130 valence electrons. The molecule has 3 rings (SSSR count). The lowest BCUT2D eigenvalue weighted by molar-refractivity contribution is -0.133. The molecule has 0 aliphatic carbocycles. The Morgan fingerprint density at radius 2 is 2.17 bits per heavy atom. The van der Waals surface area contributed by atoms with Crippen LogP contribution in [0.15, 0.2) is 12.3 Å². The fraction of sp³-hybridized carbons (Fsp3) is 0.600. The Kier molecular flexibility index (Phi) is 4.97. The smallest absolute Gasteiger partial charge is 0.410 e. The van der Waals surface area contributed by atoms with Crippen LogP contribution in [0.2, 0.25) is 0 Å². The molecular weight excluding hydrogens is 316 g/mol. The van der Waals surface area contributed by atoms with Crippen molar-refractivity contribution >= 4 is 12.0 Å². The fourth-order valence-corrected chi connectivity index (χ4v) is 2.72. The number of carbonyl (C=O) groups excluding carboxylic acids is 2. The van der Waals surface area contributed by atoms with Gasteiger partial charge in [0.1, 0.15) is 19.3 Å². The minimum absolute atomic E-state index is 0.00888. The number of methoxy groups -OCH3 is 1. The predicted molar refractivity (Wildman–Crippen MR) is 81.7 cm³/mol. The maximum Gasteiger partial charge on any atom is 0.410 e. The average Bonchev–Trinajstić information content (AvgIpc) is 3.00. The van der Waals surface area contributed by atoms with Crippen molar-refractivity contribution in [3.8, 4) is 11.9 Å². The number of ether oxygens (including phenoxy) is 3. The number of hydrogen-bond donors (Lipinski definition) is 0. The van der Waals surface area contributed by atoms with Crippen molar-refractivity contribution in [2.24, 2.45) is 0 Å². The molecule has 0 bridgehead atoms. The molecule has 24 heavy (non-hydrogen) atoms. The van der Waals surface area contributed by atoms with Gasteiger partial charge in [-0.15, -0.1) is 0 Å². The molecule has 9 nitrogen and oxygen atoms in total. The summed E-state index contributed by atoms with van der Waals surface area (Å²) in [5.41, 5.74) is 0. The van der Waals surface area contributed by atoms with Crippen molar-refractivity contribution in [3.05, 3.63) is 12.3 Å². The van der Waals surface area contributed by atoms with Gasteiger partial charge in [0.2, 0.25) is 11.8 Å². The van der Waals surface area contributed by atoms with E-state index in [2.05, 4.69) is 9.97 Å². The van der Waals surface area contributed by atoms with Gasteiger partial charge in [0, 0.05) is 38.2 Å². The van der Waals surface area contributed by atoms with Crippen LogP contribution in [0, 0.1) is 0 Å². The van der Waals surface area contributed by atoms with Gasteiger partial charge in [0.05, 0.1) is 13.7 Å². The van der Waals surface area contributed by atoms with Gasteiger partial charge < -0.3 is 19.1 Å². The van der Waals surface area contributed by atoms with Crippen LogP contribution in [0.4, 0.5) is 4.79 Å². The Hall–Kier alpha value is -2.58. The fourth-order valence-electron chi connectivity index (χ4n) is 2.72. The van der Waals surface area contributed by atoms with Gasteiger partial charge in [0.15, 0.2) is 0 Å². The van der Waals surface area contributed by atoms with Gasteiger partial charge in [-0.1, -0.05) is 0 Å². The third-order valence-electron chi connectivity index (χ3n) is 4.04. The lowest BCUT2D eigenvalue weighted by Gasteiger charge is -2.32. The first kappa shape index (κ1) is 16.3. The summed E-state index contributed by atoms with van der Waals surface area (Å²) in [6, 6.07) is 1.94. The first-order valence-corrected chi connectivity index (χ1v) is 7.89. The van der Waals surface area contributed by atoms with Crippen molar-refractivity contribution in [3.63, 3.8) is 0 Å². The highest BCUT2D eigenvalue weighted by molar-refractivity contribution is 5.83. The summed E-state index contributed by atoms with van der Waals surface area (Å²) in [6.07, 6.45) is 2.57. The van der Waals surface area contributed by atoms with Crippen LogP contribution in [0.3, 0.4) is 0 Å². The number of hydrogen-bond acceptors (Lipinski definition) is 7. The largest absolute Gasteiger partial charge is 0.474 e. The van der Waals surface area contributed by atoms with Gasteiger partial charge in [0.25, 0.3) is 0 Å². The molecule has 0 aromatic carbocycles. The molecule has 0 spiro atoms. The van der Waals surface area contributed by atoms with E-state index in [1.807, 2.05) is 0 Å². The Balaban J connectivity index is 1.46. The molecular formula is C15H20N4O5. The number of aromatic nitrogens is 2. The zero-order valence-electron chi connectivity index (χ0n) is 13.5. The third-order valence-corrected chi connectivity index (χ3v) is 4.04. The maximum atomic E-state index is 12.2. The van der Waals surface area contributed by atoms with Crippen LogP contribution in [-0.2, 0) is 9.53 Å². The lowest BCUT2D eigenvalue weighted by Crippen LogP contribution is -2.46. The number of nitrogens with zero attached hydrogens (tertiary/aromatic N) is 4. The zero-order valence-corrected chi connectivity index (χ0v) is 13.5. The summed E-state index contributed by atoms with van der Waals surface area (Å²) in [7, 11) is 1.50. The molecule has 0 radical (unpaired) electrons. The summed E-state index contributed by atoms with van der Waals surface area (Å²) in [4.78, 5) is 34.9. The molecule has 0 saturated carbocycles. The summed E-state index contributed by atoms with van der Waals surface area (Å²) in [6.45, 7) is 2.08. The predicted octanol–water partition coefficient (Wildman–Crippen LogP) is 0.307. The van der Waals surface area contributed by atoms with Crippen LogP contribution in [0.5, 0.6) is 11.9 Å². The third kappa shape index (κ3) is 3.84. The quantitative estimate of drug-likeness (QED) is 0.763. The van der Waals surface area contributed by atoms with Crippen molar-refractivity contribution in [1.29, 1.82) is 0 Å². The number of rotatable bonds is 5. The first-order chi connectivity index (χ1) is 11.7. The standard InChI is InChI=1S/C15H20N4O5/c1-22-14-16-5-2-12(17-14)24-11-3-6-18(7-4-11)13(20)10-19-8-9-23-15(19)21/h2,5,11H,3-4,6-10H2,1H3. The average molecular weight is 336 g/mol. The molecule has 0 atom stereocenters. The maximum absolute atomic E-state index is 12.2. The molecule has 3 heterocycles. The van der Waals surface area contributed by atoms with E-state index in [1.165, 1.54) is 12.0 Å². The van der Waals surface area contributed by atoms with Gasteiger partial charge in [-0.05, 0) is 0 Å². The SMILES string of the molecule is COc1nccc(OC2CCN(C(=O)CN3CCOC3=O)CC2)n1. The van der Waals surface area contributed by atoms with Gasteiger partial charge in [-0.25, -0.2) is 9.78 Å². The van der Waals surface area contributed by atoms with E-state index in [0.29, 0.717) is 45.0 Å². The summed E-state index contributed by atoms with van der Waals surface area (Å²) in [5.74, 6) is 0.405. The highest BCUT2D eigenvalue weighted by Crippen LogP contribution is 2.18. The Labute approximate surface area is 139 Å². The Morgan fingerprint density at radius 1 is 1.38 bits per heavy atom. The second-order valence-electron chi connectivity index (χ2n) is 5.62. The monoisotopic (exact) mass is 336 g/mol. The van der Waals surface area contributed by atoms with Crippen molar-refractivity contribution < 1.29 is 23.8 Å². The molecule has 1 aromatic heterocycles. The van der Waals surface area contributed by atoms with Gasteiger partial charge in [-0.2, -0.15) is 4.98 Å². The van der Waals surface area contributed by atoms with Gasteiger partial charge >= 0.3 is 12.1 Å². The highest BCUT2D eigenvalue weighted by Gasteiger charge is 2.29. The molecule has 0 N–H and O–H groups in total. The van der Waals surface area contributed by atoms with Crippen LogP contribution < -0.4 is 9.47 Å². The topological polar surface area (TPSA) is 94.1 Å². The molecule has 2 aliphatic heterocycles. The van der Waals surface area contributed by atoms with Crippen molar-refractivity contribution in [1.82, 2.24) is 19.8 Å². The Bertz CT molecular complexity index is 603. The first-order valence-electron chi connectivity index (χ1n) is 7.89. The molecule has 1 aromatic rings. The van der Waals surface area contributed by atoms with E-state index < -0.39 is 6.09 Å². The molecule has 2 aliphatic rings. The summed E-state index contributed by atoms with van der Waals surface area (Å²) >= 11 is 0. The van der Waals surface area contributed by atoms with Gasteiger partial charge in [-0.3, -0.25) is 9.69 Å². The van der Waals surface area contributed by atoms with Crippen LogP contribution in [0.25, 0.3) is 0 Å². The molecule has 2 amide bonds. The lowest BCUT2D eigenvalue weighted by atomic mass is 10.1. The second-order valence-corrected chi connectivity index (χ2v) is 5.62. The Morgan fingerprint density at radius 3 is 2.83 bits per heavy atom. The highest BCUT2D eigenvalue weighted by atomic mass is 16.6. The van der Waals surface area contributed by atoms with Crippen LogP contribution in [0.1, 0.15) is 12.8 Å². The minimum Gasteiger partial charge on any atom is -0.474 e. The van der Waals surface area contributed by atoms with Crippen molar-refractivity contribution in [2.45, 2.75) is 18.9 Å². The van der Waals surface area contributed by atoms with E-state index in [-0.39, 0.29) is 24.6 Å². The zero-order chi connectivity index (χ0) is 16.9. The molecule has 0 unspecified atom stereocenters. The molecule has 2 saturated heterocycles. The van der Waals surface area contributed by atoms with Crippen molar-refractivity contribution in [2.75, 3.05) is 39.9 Å². The van der Waals surface area contributed by atoms with E-state index in [4.69, 9.17) is 14.2 Å². The van der Waals surface area contributed by atoms with E-state index in [1.54, 1.807) is 17.2 Å². The number of carbonyl (C=O) groups is 2. The number of amides is 2.